The summed E-state index contributed by atoms with van der Waals surface area (Å²) in [7, 11) is 0. The Morgan fingerprint density at radius 1 is 1.24 bits per heavy atom. The summed E-state index contributed by atoms with van der Waals surface area (Å²) in [4.78, 5) is 11.3. The third-order valence-corrected chi connectivity index (χ3v) is 4.96. The number of aliphatic carboxylic acids is 1. The number of carbonyl (C=O) groups is 1. The van der Waals surface area contributed by atoms with E-state index in [9.17, 15) is 15.0 Å². The van der Waals surface area contributed by atoms with Gasteiger partial charge in [0, 0.05) is 10.4 Å². The van der Waals surface area contributed by atoms with Crippen molar-refractivity contribution >= 4 is 21.9 Å². The van der Waals surface area contributed by atoms with Crippen LogP contribution in [0.1, 0.15) is 30.9 Å². The first-order valence-electron chi connectivity index (χ1n) is 7.08. The first kappa shape index (κ1) is 14.7. The van der Waals surface area contributed by atoms with E-state index in [2.05, 4.69) is 15.9 Å². The molecule has 0 spiro atoms. The molecular formula is C15H17BrO5. The monoisotopic (exact) mass is 356 g/mol. The molecule has 0 radical (unpaired) electrons. The summed E-state index contributed by atoms with van der Waals surface area (Å²) in [5.74, 6) is -0.333. The van der Waals surface area contributed by atoms with E-state index in [0.29, 0.717) is 36.7 Å². The highest BCUT2D eigenvalue weighted by Crippen LogP contribution is 2.45. The van der Waals surface area contributed by atoms with Crippen LogP contribution in [0.25, 0.3) is 0 Å². The van der Waals surface area contributed by atoms with Crippen molar-refractivity contribution in [1.29, 1.82) is 0 Å². The number of aliphatic hydroxyl groups excluding tert-OH is 1. The quantitative estimate of drug-likeness (QED) is 0.870. The normalized spacial score (nSPS) is 25.6. The molecular weight excluding hydrogens is 340 g/mol. The van der Waals surface area contributed by atoms with Gasteiger partial charge in [-0.1, -0.05) is 22.4 Å². The van der Waals surface area contributed by atoms with Crippen LogP contribution in [0.2, 0.25) is 0 Å². The number of fused-ring (bicyclic) bond motifs is 1. The van der Waals surface area contributed by atoms with E-state index in [4.69, 9.17) is 9.47 Å². The van der Waals surface area contributed by atoms with E-state index in [1.54, 1.807) is 12.1 Å². The van der Waals surface area contributed by atoms with E-state index in [1.807, 2.05) is 0 Å². The average Bonchev–Trinajstić information content (AvgIpc) is 2.95. The Hall–Kier alpha value is -1.27. The Bertz CT molecular complexity index is 559. The number of halogens is 1. The molecule has 0 aromatic heterocycles. The van der Waals surface area contributed by atoms with E-state index in [0.717, 1.165) is 17.3 Å². The minimum Gasteiger partial charge on any atom is -0.486 e. The van der Waals surface area contributed by atoms with Gasteiger partial charge >= 0.3 is 5.97 Å². The topological polar surface area (TPSA) is 76.0 Å². The second kappa shape index (κ2) is 5.85. The Morgan fingerprint density at radius 2 is 1.90 bits per heavy atom. The van der Waals surface area contributed by atoms with Gasteiger partial charge in [0.05, 0.1) is 12.0 Å². The van der Waals surface area contributed by atoms with E-state index >= 15 is 0 Å². The lowest BCUT2D eigenvalue weighted by molar-refractivity contribution is -0.144. The van der Waals surface area contributed by atoms with Gasteiger partial charge in [-0.2, -0.15) is 0 Å². The van der Waals surface area contributed by atoms with Gasteiger partial charge in [-0.15, -0.1) is 0 Å². The fourth-order valence-corrected chi connectivity index (χ4v) is 3.77. The van der Waals surface area contributed by atoms with Gasteiger partial charge in [-0.25, -0.2) is 0 Å². The van der Waals surface area contributed by atoms with Crippen molar-refractivity contribution in [3.8, 4) is 11.5 Å². The Morgan fingerprint density at radius 3 is 2.57 bits per heavy atom. The summed E-state index contributed by atoms with van der Waals surface area (Å²) in [5.41, 5.74) is 0.664. The lowest BCUT2D eigenvalue weighted by Gasteiger charge is -2.26. The van der Waals surface area contributed by atoms with Gasteiger partial charge in [0.15, 0.2) is 11.5 Å². The second-order valence-electron chi connectivity index (χ2n) is 5.50. The number of hydrogen-bond donors (Lipinski definition) is 2. The fourth-order valence-electron chi connectivity index (χ4n) is 3.21. The Balaban J connectivity index is 1.90. The molecule has 0 bridgehead atoms. The minimum atomic E-state index is -0.829. The van der Waals surface area contributed by atoms with Crippen LogP contribution in [0, 0.1) is 11.8 Å². The maximum atomic E-state index is 11.3. The molecule has 1 heterocycles. The highest BCUT2D eigenvalue weighted by molar-refractivity contribution is 9.10. The molecule has 3 unspecified atom stereocenters. The van der Waals surface area contributed by atoms with Crippen molar-refractivity contribution in [2.24, 2.45) is 11.8 Å². The molecule has 2 N–H and O–H groups in total. The molecule has 3 rings (SSSR count). The van der Waals surface area contributed by atoms with Crippen LogP contribution < -0.4 is 9.47 Å². The summed E-state index contributed by atoms with van der Waals surface area (Å²) in [6.45, 7) is 0.983. The van der Waals surface area contributed by atoms with Crippen LogP contribution in [0.5, 0.6) is 11.5 Å². The number of aliphatic hydroxyl groups is 1. The van der Waals surface area contributed by atoms with Crippen molar-refractivity contribution < 1.29 is 24.5 Å². The van der Waals surface area contributed by atoms with Gasteiger partial charge in [-0.05, 0) is 30.5 Å². The molecule has 5 nitrogen and oxygen atoms in total. The van der Waals surface area contributed by atoms with Crippen LogP contribution in [-0.4, -0.2) is 29.4 Å². The number of carboxylic acid groups (broad SMARTS) is 1. The smallest absolute Gasteiger partial charge is 0.306 e. The van der Waals surface area contributed by atoms with Crippen molar-refractivity contribution in [1.82, 2.24) is 0 Å². The maximum Gasteiger partial charge on any atom is 0.306 e. The second-order valence-corrected chi connectivity index (χ2v) is 6.36. The molecule has 1 fully saturated rings. The molecule has 1 aliphatic heterocycles. The van der Waals surface area contributed by atoms with Gasteiger partial charge < -0.3 is 19.7 Å². The molecule has 1 saturated carbocycles. The molecule has 1 aromatic rings. The lowest BCUT2D eigenvalue weighted by Crippen LogP contribution is -2.24. The Labute approximate surface area is 131 Å². The summed E-state index contributed by atoms with van der Waals surface area (Å²) >= 11 is 3.44. The number of hydrogen-bond acceptors (Lipinski definition) is 4. The van der Waals surface area contributed by atoms with Crippen LogP contribution in [0.4, 0.5) is 0 Å². The van der Waals surface area contributed by atoms with Gasteiger partial charge in [0.1, 0.15) is 13.2 Å². The first-order valence-corrected chi connectivity index (χ1v) is 7.87. The summed E-state index contributed by atoms with van der Waals surface area (Å²) in [6, 6.07) is 3.53. The zero-order valence-corrected chi connectivity index (χ0v) is 13.0. The molecule has 2 aliphatic rings. The van der Waals surface area contributed by atoms with Crippen LogP contribution in [0.15, 0.2) is 16.6 Å². The standard InChI is InChI=1S/C15H17BrO5/c16-11-7-13-12(20-4-5-21-13)6-10(11)14(17)8-2-1-3-9(8)15(18)19/h6-9,14,17H,1-5H2,(H,18,19). The van der Waals surface area contributed by atoms with Crippen molar-refractivity contribution in [2.75, 3.05) is 13.2 Å². The Kier molecular flexibility index (Phi) is 4.08. The fraction of sp³-hybridized carbons (Fsp3) is 0.533. The largest absolute Gasteiger partial charge is 0.486 e. The number of rotatable bonds is 3. The molecule has 114 valence electrons. The first-order chi connectivity index (χ1) is 10.1. The van der Waals surface area contributed by atoms with E-state index in [-0.39, 0.29) is 5.92 Å². The summed E-state index contributed by atoms with van der Waals surface area (Å²) in [5, 5.41) is 19.9. The van der Waals surface area contributed by atoms with Crippen molar-refractivity contribution in [3.05, 3.63) is 22.2 Å². The molecule has 21 heavy (non-hydrogen) atoms. The van der Waals surface area contributed by atoms with Gasteiger partial charge in [0.25, 0.3) is 0 Å². The predicted molar refractivity (Wildman–Crippen MR) is 78.6 cm³/mol. The highest BCUT2D eigenvalue weighted by atomic mass is 79.9. The van der Waals surface area contributed by atoms with Gasteiger partial charge in [-0.3, -0.25) is 4.79 Å². The predicted octanol–water partition coefficient (Wildman–Crippen LogP) is 2.75. The number of carboxylic acids is 1. The van der Waals surface area contributed by atoms with Crippen molar-refractivity contribution in [2.45, 2.75) is 25.4 Å². The van der Waals surface area contributed by atoms with Crippen LogP contribution in [-0.2, 0) is 4.79 Å². The highest BCUT2D eigenvalue weighted by Gasteiger charge is 2.39. The molecule has 0 saturated heterocycles. The third kappa shape index (κ3) is 2.74. The average molecular weight is 357 g/mol. The summed E-state index contributed by atoms with van der Waals surface area (Å²) in [6.07, 6.45) is 1.36. The van der Waals surface area contributed by atoms with Crippen molar-refractivity contribution in [3.63, 3.8) is 0 Å². The van der Waals surface area contributed by atoms with E-state index in [1.165, 1.54) is 0 Å². The van der Waals surface area contributed by atoms with Gasteiger partial charge in [0.2, 0.25) is 0 Å². The lowest BCUT2D eigenvalue weighted by atomic mass is 9.87. The molecule has 1 aromatic carbocycles. The van der Waals surface area contributed by atoms with Crippen LogP contribution >= 0.6 is 15.9 Å². The minimum absolute atomic E-state index is 0.263. The third-order valence-electron chi connectivity index (χ3n) is 4.27. The number of ether oxygens (including phenoxy) is 2. The maximum absolute atomic E-state index is 11.3. The molecule has 1 aliphatic carbocycles. The van der Waals surface area contributed by atoms with Crippen LogP contribution in [0.3, 0.4) is 0 Å². The summed E-state index contributed by atoms with van der Waals surface area (Å²) < 4.78 is 11.7. The molecule has 0 amide bonds. The zero-order chi connectivity index (χ0) is 15.0. The zero-order valence-electron chi connectivity index (χ0n) is 11.4. The molecule has 6 heteroatoms. The SMILES string of the molecule is O=C(O)C1CCCC1C(O)c1cc2c(cc1Br)OCCO2. The molecule has 3 atom stereocenters. The van der Waals surface area contributed by atoms with E-state index < -0.39 is 18.0 Å². The number of benzene rings is 1.